The Morgan fingerprint density at radius 1 is 1.00 bits per heavy atom. The minimum absolute atomic E-state index is 0.149. The smallest absolute Gasteiger partial charge is 0.118 e. The van der Waals surface area contributed by atoms with Crippen LogP contribution in [-0.4, -0.2) is 18.3 Å². The van der Waals surface area contributed by atoms with Crippen LogP contribution in [0.5, 0.6) is 5.75 Å². The largest absolute Gasteiger partial charge is 0.497 e. The highest BCUT2D eigenvalue weighted by atomic mass is 16.5. The number of rotatable bonds is 10. The van der Waals surface area contributed by atoms with E-state index in [1.165, 1.54) is 31.2 Å². The van der Waals surface area contributed by atoms with Crippen molar-refractivity contribution in [1.82, 2.24) is 0 Å². The van der Waals surface area contributed by atoms with Crippen LogP contribution >= 0.6 is 0 Å². The quantitative estimate of drug-likeness (QED) is 0.637. The van der Waals surface area contributed by atoms with Crippen molar-refractivity contribution in [3.05, 3.63) is 29.8 Å². The van der Waals surface area contributed by atoms with Crippen molar-refractivity contribution in [2.75, 3.05) is 7.11 Å². The number of unbranched alkanes of at least 4 members (excludes halogenated alkanes) is 4. The highest BCUT2D eigenvalue weighted by Gasteiger charge is 2.04. The second-order valence-corrected chi connectivity index (χ2v) is 5.24. The first kappa shape index (κ1) is 16.0. The molecule has 1 unspecified atom stereocenters. The summed E-state index contributed by atoms with van der Waals surface area (Å²) in [4.78, 5) is 0. The molecule has 0 aliphatic carbocycles. The number of hydrogen-bond donors (Lipinski definition) is 1. The third kappa shape index (κ3) is 7.22. The van der Waals surface area contributed by atoms with E-state index in [0.29, 0.717) is 0 Å². The van der Waals surface area contributed by atoms with Crippen molar-refractivity contribution < 1.29 is 9.84 Å². The van der Waals surface area contributed by atoms with Crippen molar-refractivity contribution in [2.45, 2.75) is 64.4 Å². The van der Waals surface area contributed by atoms with E-state index >= 15 is 0 Å². The van der Waals surface area contributed by atoms with Gasteiger partial charge in [0.25, 0.3) is 0 Å². The Labute approximate surface area is 117 Å². The molecule has 0 aliphatic rings. The van der Waals surface area contributed by atoms with Crippen LogP contribution in [0.4, 0.5) is 0 Å². The molecular weight excluding hydrogens is 236 g/mol. The zero-order chi connectivity index (χ0) is 13.9. The summed E-state index contributed by atoms with van der Waals surface area (Å²) in [6.07, 6.45) is 8.92. The maximum atomic E-state index is 9.94. The van der Waals surface area contributed by atoms with Gasteiger partial charge in [-0.15, -0.1) is 0 Å². The summed E-state index contributed by atoms with van der Waals surface area (Å²) in [7, 11) is 1.68. The molecule has 108 valence electrons. The van der Waals surface area contributed by atoms with E-state index in [1.54, 1.807) is 7.11 Å². The first-order valence-corrected chi connectivity index (χ1v) is 7.57. The fraction of sp³-hybridized carbons (Fsp3) is 0.647. The maximum absolute atomic E-state index is 9.94. The molecule has 1 rings (SSSR count). The zero-order valence-electron chi connectivity index (χ0n) is 12.4. The molecule has 0 saturated carbocycles. The van der Waals surface area contributed by atoms with Crippen molar-refractivity contribution in [3.8, 4) is 5.75 Å². The number of hydrogen-bond acceptors (Lipinski definition) is 2. The van der Waals surface area contributed by atoms with E-state index in [9.17, 15) is 5.11 Å². The van der Waals surface area contributed by atoms with Crippen LogP contribution < -0.4 is 4.74 Å². The molecule has 0 bridgehead atoms. The van der Waals surface area contributed by atoms with Gasteiger partial charge in [-0.2, -0.15) is 0 Å². The van der Waals surface area contributed by atoms with E-state index in [2.05, 4.69) is 19.1 Å². The summed E-state index contributed by atoms with van der Waals surface area (Å²) in [5, 5.41) is 9.94. The van der Waals surface area contributed by atoms with Gasteiger partial charge in [0.05, 0.1) is 13.2 Å². The van der Waals surface area contributed by atoms with Gasteiger partial charge in [0.2, 0.25) is 0 Å². The number of ether oxygens (including phenoxy) is 1. The zero-order valence-corrected chi connectivity index (χ0v) is 12.4. The van der Waals surface area contributed by atoms with Crippen LogP contribution in [0.2, 0.25) is 0 Å². The number of aliphatic hydroxyl groups is 1. The Bertz CT molecular complexity index is 319. The average molecular weight is 264 g/mol. The predicted molar refractivity (Wildman–Crippen MR) is 80.7 cm³/mol. The Kier molecular flexibility index (Phi) is 8.31. The van der Waals surface area contributed by atoms with Gasteiger partial charge in [-0.05, 0) is 37.0 Å². The maximum Gasteiger partial charge on any atom is 0.118 e. The van der Waals surface area contributed by atoms with Gasteiger partial charge < -0.3 is 9.84 Å². The number of benzene rings is 1. The average Bonchev–Trinajstić information content (AvgIpc) is 2.45. The molecule has 2 nitrogen and oxygen atoms in total. The SMILES string of the molecule is CCCCCCCC(O)CCc1ccc(OC)cc1. The lowest BCUT2D eigenvalue weighted by atomic mass is 10.0. The highest BCUT2D eigenvalue weighted by molar-refractivity contribution is 5.27. The first-order chi connectivity index (χ1) is 9.26. The van der Waals surface area contributed by atoms with Gasteiger partial charge in [-0.25, -0.2) is 0 Å². The van der Waals surface area contributed by atoms with E-state index in [-0.39, 0.29) is 6.10 Å². The minimum atomic E-state index is -0.149. The van der Waals surface area contributed by atoms with Gasteiger partial charge in [-0.3, -0.25) is 0 Å². The predicted octanol–water partition coefficient (Wildman–Crippen LogP) is 4.35. The molecule has 1 aromatic rings. The van der Waals surface area contributed by atoms with Crippen LogP contribution in [0.15, 0.2) is 24.3 Å². The van der Waals surface area contributed by atoms with Gasteiger partial charge in [0.15, 0.2) is 0 Å². The molecule has 0 heterocycles. The molecule has 1 aromatic carbocycles. The van der Waals surface area contributed by atoms with Gasteiger partial charge in [-0.1, -0.05) is 51.2 Å². The second kappa shape index (κ2) is 9.85. The number of aryl methyl sites for hydroxylation is 1. The van der Waals surface area contributed by atoms with E-state index in [0.717, 1.165) is 31.4 Å². The Morgan fingerprint density at radius 2 is 1.68 bits per heavy atom. The third-order valence-corrected chi connectivity index (χ3v) is 3.57. The summed E-state index contributed by atoms with van der Waals surface area (Å²) in [5.41, 5.74) is 1.27. The van der Waals surface area contributed by atoms with Crippen molar-refractivity contribution in [2.24, 2.45) is 0 Å². The summed E-state index contributed by atoms with van der Waals surface area (Å²) in [6, 6.07) is 8.11. The fourth-order valence-corrected chi connectivity index (χ4v) is 2.25. The lowest BCUT2D eigenvalue weighted by Crippen LogP contribution is -2.07. The van der Waals surface area contributed by atoms with E-state index < -0.39 is 0 Å². The molecule has 2 heteroatoms. The van der Waals surface area contributed by atoms with Crippen molar-refractivity contribution in [3.63, 3.8) is 0 Å². The molecule has 1 N–H and O–H groups in total. The summed E-state index contributed by atoms with van der Waals surface area (Å²) < 4.78 is 5.13. The topological polar surface area (TPSA) is 29.5 Å². The van der Waals surface area contributed by atoms with Gasteiger partial charge in [0.1, 0.15) is 5.75 Å². The monoisotopic (exact) mass is 264 g/mol. The molecule has 1 atom stereocenters. The third-order valence-electron chi connectivity index (χ3n) is 3.57. The van der Waals surface area contributed by atoms with E-state index in [1.807, 2.05) is 12.1 Å². The summed E-state index contributed by atoms with van der Waals surface area (Å²) in [5.74, 6) is 0.889. The lowest BCUT2D eigenvalue weighted by Gasteiger charge is -2.10. The molecule has 0 aliphatic heterocycles. The first-order valence-electron chi connectivity index (χ1n) is 7.57. The molecule has 19 heavy (non-hydrogen) atoms. The molecule has 0 saturated heterocycles. The van der Waals surface area contributed by atoms with Crippen LogP contribution in [-0.2, 0) is 6.42 Å². The number of methoxy groups -OCH3 is 1. The van der Waals surface area contributed by atoms with Crippen LogP contribution in [0.1, 0.15) is 57.4 Å². The Balaban J connectivity index is 2.13. The standard InChI is InChI=1S/C17H28O2/c1-3-4-5-6-7-8-16(18)12-9-15-10-13-17(19-2)14-11-15/h10-11,13-14,16,18H,3-9,12H2,1-2H3. The normalized spacial score (nSPS) is 12.4. The summed E-state index contributed by atoms with van der Waals surface area (Å²) in [6.45, 7) is 2.23. The number of aliphatic hydroxyl groups excluding tert-OH is 1. The van der Waals surface area contributed by atoms with Crippen LogP contribution in [0, 0.1) is 0 Å². The molecule has 0 amide bonds. The fourth-order valence-electron chi connectivity index (χ4n) is 2.25. The van der Waals surface area contributed by atoms with Crippen LogP contribution in [0.25, 0.3) is 0 Å². The molecule has 0 fully saturated rings. The Hall–Kier alpha value is -1.02. The Morgan fingerprint density at radius 3 is 2.32 bits per heavy atom. The molecular formula is C17H28O2. The van der Waals surface area contributed by atoms with Gasteiger partial charge in [0, 0.05) is 0 Å². The van der Waals surface area contributed by atoms with E-state index in [4.69, 9.17) is 4.74 Å². The lowest BCUT2D eigenvalue weighted by molar-refractivity contribution is 0.151. The summed E-state index contributed by atoms with van der Waals surface area (Å²) >= 11 is 0. The minimum Gasteiger partial charge on any atom is -0.497 e. The van der Waals surface area contributed by atoms with Crippen molar-refractivity contribution >= 4 is 0 Å². The molecule has 0 radical (unpaired) electrons. The molecule has 0 spiro atoms. The highest BCUT2D eigenvalue weighted by Crippen LogP contribution is 2.15. The molecule has 0 aromatic heterocycles. The van der Waals surface area contributed by atoms with Gasteiger partial charge >= 0.3 is 0 Å². The van der Waals surface area contributed by atoms with Crippen molar-refractivity contribution in [1.29, 1.82) is 0 Å². The second-order valence-electron chi connectivity index (χ2n) is 5.24. The van der Waals surface area contributed by atoms with Crippen LogP contribution in [0.3, 0.4) is 0 Å².